The van der Waals surface area contributed by atoms with Crippen molar-refractivity contribution in [2.45, 2.75) is 13.0 Å². The molecular formula is C16H21BrIN3O. The molecule has 0 unspecified atom stereocenters. The van der Waals surface area contributed by atoms with Gasteiger partial charge in [-0.15, -0.1) is 24.0 Å². The van der Waals surface area contributed by atoms with Crippen molar-refractivity contribution in [3.8, 4) is 0 Å². The van der Waals surface area contributed by atoms with Crippen molar-refractivity contribution >= 4 is 45.9 Å². The minimum atomic E-state index is 0. The van der Waals surface area contributed by atoms with Gasteiger partial charge in [-0.2, -0.15) is 0 Å². The first-order valence-corrected chi connectivity index (χ1v) is 7.67. The average Bonchev–Trinajstić information content (AvgIpc) is 2.99. The van der Waals surface area contributed by atoms with E-state index < -0.39 is 0 Å². The topological polar surface area (TPSA) is 40.8 Å². The molecule has 120 valence electrons. The molecule has 1 aromatic carbocycles. The molecule has 0 aliphatic carbocycles. The van der Waals surface area contributed by atoms with Crippen molar-refractivity contribution in [3.63, 3.8) is 0 Å². The number of aliphatic imine (C=N–C) groups is 1. The molecule has 2 aromatic rings. The van der Waals surface area contributed by atoms with Crippen LogP contribution in [0, 0.1) is 0 Å². The summed E-state index contributed by atoms with van der Waals surface area (Å²) in [5.41, 5.74) is 1.25. The number of nitrogens with one attached hydrogen (secondary N) is 1. The van der Waals surface area contributed by atoms with Crippen molar-refractivity contribution in [2.75, 3.05) is 20.6 Å². The summed E-state index contributed by atoms with van der Waals surface area (Å²) < 4.78 is 6.41. The molecule has 1 heterocycles. The molecule has 0 spiro atoms. The second-order valence-corrected chi connectivity index (χ2v) is 5.70. The number of hydrogen-bond donors (Lipinski definition) is 1. The lowest BCUT2D eigenvalue weighted by Crippen LogP contribution is -2.39. The predicted octanol–water partition coefficient (Wildman–Crippen LogP) is 3.91. The lowest BCUT2D eigenvalue weighted by Gasteiger charge is -2.22. The summed E-state index contributed by atoms with van der Waals surface area (Å²) in [6.45, 7) is 1.61. The first-order chi connectivity index (χ1) is 10.2. The molecule has 1 aromatic heterocycles. The molecule has 0 amide bonds. The summed E-state index contributed by atoms with van der Waals surface area (Å²) in [6.07, 6.45) is 2.54. The molecule has 0 saturated heterocycles. The smallest absolute Gasteiger partial charge is 0.193 e. The number of benzene rings is 1. The van der Waals surface area contributed by atoms with Gasteiger partial charge in [0.25, 0.3) is 0 Å². The fraction of sp³-hybridized carbons (Fsp3) is 0.312. The molecule has 22 heavy (non-hydrogen) atoms. The summed E-state index contributed by atoms with van der Waals surface area (Å²) in [5, 5.41) is 3.35. The van der Waals surface area contributed by atoms with Gasteiger partial charge in [0.2, 0.25) is 0 Å². The van der Waals surface area contributed by atoms with E-state index in [2.05, 4.69) is 55.4 Å². The highest BCUT2D eigenvalue weighted by molar-refractivity contribution is 14.0. The molecule has 0 aliphatic rings. The van der Waals surface area contributed by atoms with Gasteiger partial charge >= 0.3 is 0 Å². The Morgan fingerprint density at radius 2 is 2.00 bits per heavy atom. The van der Waals surface area contributed by atoms with Gasteiger partial charge in [-0.25, -0.2) is 0 Å². The molecule has 1 N–H and O–H groups in total. The number of hydrogen-bond acceptors (Lipinski definition) is 2. The van der Waals surface area contributed by atoms with Crippen LogP contribution in [0.1, 0.15) is 11.3 Å². The monoisotopic (exact) mass is 477 g/mol. The van der Waals surface area contributed by atoms with E-state index in [0.717, 1.165) is 35.7 Å². The Kier molecular flexibility index (Phi) is 8.55. The zero-order valence-corrected chi connectivity index (χ0v) is 16.7. The Morgan fingerprint density at radius 1 is 1.27 bits per heavy atom. The molecule has 0 aliphatic heterocycles. The maximum Gasteiger partial charge on any atom is 0.193 e. The zero-order valence-electron chi connectivity index (χ0n) is 12.8. The number of furan rings is 1. The Bertz CT molecular complexity index is 570. The highest BCUT2D eigenvalue weighted by Crippen LogP contribution is 2.11. The van der Waals surface area contributed by atoms with Crippen molar-refractivity contribution in [2.24, 2.45) is 4.99 Å². The molecule has 0 atom stereocenters. The Morgan fingerprint density at radius 3 is 2.59 bits per heavy atom. The predicted molar refractivity (Wildman–Crippen MR) is 105 cm³/mol. The number of rotatable bonds is 5. The average molecular weight is 478 g/mol. The van der Waals surface area contributed by atoms with Crippen LogP contribution in [0.2, 0.25) is 0 Å². The van der Waals surface area contributed by atoms with E-state index in [9.17, 15) is 0 Å². The molecule has 0 saturated carbocycles. The second kappa shape index (κ2) is 9.89. The third-order valence-corrected chi connectivity index (χ3v) is 3.67. The van der Waals surface area contributed by atoms with Gasteiger partial charge in [0, 0.05) is 38.1 Å². The molecule has 0 bridgehead atoms. The van der Waals surface area contributed by atoms with Gasteiger partial charge in [0.05, 0.1) is 6.26 Å². The lowest BCUT2D eigenvalue weighted by molar-refractivity contribution is 0.469. The molecular weight excluding hydrogens is 457 g/mol. The summed E-state index contributed by atoms with van der Waals surface area (Å²) in [5.74, 6) is 1.86. The van der Waals surface area contributed by atoms with E-state index >= 15 is 0 Å². The van der Waals surface area contributed by atoms with E-state index in [-0.39, 0.29) is 24.0 Å². The van der Waals surface area contributed by atoms with Crippen molar-refractivity contribution < 1.29 is 4.42 Å². The molecule has 6 heteroatoms. The van der Waals surface area contributed by atoms with Crippen LogP contribution in [0.4, 0.5) is 0 Å². The standard InChI is InChI=1S/C16H20BrN3O.HI/c1-18-16(19-10-9-15-4-3-11-21-15)20(2)12-13-5-7-14(17)8-6-13;/h3-8,11H,9-10,12H2,1-2H3,(H,18,19);1H. The van der Waals surface area contributed by atoms with Crippen LogP contribution in [0.25, 0.3) is 0 Å². The van der Waals surface area contributed by atoms with Crippen molar-refractivity contribution in [1.82, 2.24) is 10.2 Å². The van der Waals surface area contributed by atoms with E-state index in [1.54, 1.807) is 13.3 Å². The second-order valence-electron chi connectivity index (χ2n) is 4.79. The first kappa shape index (κ1) is 19.0. The van der Waals surface area contributed by atoms with Gasteiger partial charge in [-0.05, 0) is 29.8 Å². The normalized spacial score (nSPS) is 11.0. The van der Waals surface area contributed by atoms with Crippen molar-refractivity contribution in [1.29, 1.82) is 0 Å². The number of guanidine groups is 1. The summed E-state index contributed by atoms with van der Waals surface area (Å²) >= 11 is 3.45. The molecule has 0 fully saturated rings. The number of halogens is 2. The first-order valence-electron chi connectivity index (χ1n) is 6.87. The van der Waals surface area contributed by atoms with Crippen LogP contribution in [-0.2, 0) is 13.0 Å². The van der Waals surface area contributed by atoms with Crippen LogP contribution >= 0.6 is 39.9 Å². The Balaban J connectivity index is 0.00000242. The highest BCUT2D eigenvalue weighted by Gasteiger charge is 2.06. The third-order valence-electron chi connectivity index (χ3n) is 3.14. The minimum absolute atomic E-state index is 0. The highest BCUT2D eigenvalue weighted by atomic mass is 127. The molecule has 4 nitrogen and oxygen atoms in total. The van der Waals surface area contributed by atoms with Gasteiger partial charge in [0.15, 0.2) is 5.96 Å². The fourth-order valence-corrected chi connectivity index (χ4v) is 2.34. The van der Waals surface area contributed by atoms with E-state index in [1.165, 1.54) is 5.56 Å². The minimum Gasteiger partial charge on any atom is -0.469 e. The van der Waals surface area contributed by atoms with Gasteiger partial charge in [-0.1, -0.05) is 28.1 Å². The molecule has 0 radical (unpaired) electrons. The third kappa shape index (κ3) is 6.00. The zero-order chi connectivity index (χ0) is 15.1. The van der Waals surface area contributed by atoms with Crippen LogP contribution in [0.3, 0.4) is 0 Å². The number of nitrogens with zero attached hydrogens (tertiary/aromatic N) is 2. The van der Waals surface area contributed by atoms with Crippen LogP contribution in [-0.4, -0.2) is 31.5 Å². The Hall–Kier alpha value is -1.02. The van der Waals surface area contributed by atoms with E-state index in [4.69, 9.17) is 4.42 Å². The lowest BCUT2D eigenvalue weighted by atomic mass is 10.2. The van der Waals surface area contributed by atoms with Crippen LogP contribution in [0.15, 0.2) is 56.5 Å². The maximum absolute atomic E-state index is 5.32. The molecule has 2 rings (SSSR count). The fourth-order valence-electron chi connectivity index (χ4n) is 2.08. The van der Waals surface area contributed by atoms with Crippen LogP contribution < -0.4 is 5.32 Å². The summed E-state index contributed by atoms with van der Waals surface area (Å²) in [4.78, 5) is 6.41. The Labute approximate surface area is 157 Å². The summed E-state index contributed by atoms with van der Waals surface area (Å²) in [6, 6.07) is 12.2. The van der Waals surface area contributed by atoms with Gasteiger partial charge < -0.3 is 14.6 Å². The van der Waals surface area contributed by atoms with Gasteiger partial charge in [0.1, 0.15) is 5.76 Å². The van der Waals surface area contributed by atoms with Gasteiger partial charge in [-0.3, -0.25) is 4.99 Å². The van der Waals surface area contributed by atoms with Crippen molar-refractivity contribution in [3.05, 3.63) is 58.5 Å². The van der Waals surface area contributed by atoms with E-state index in [0.29, 0.717) is 0 Å². The van der Waals surface area contributed by atoms with Crippen LogP contribution in [0.5, 0.6) is 0 Å². The largest absolute Gasteiger partial charge is 0.469 e. The maximum atomic E-state index is 5.32. The SMILES string of the molecule is CN=C(NCCc1ccco1)N(C)Cc1ccc(Br)cc1.I. The van der Waals surface area contributed by atoms with E-state index in [1.807, 2.05) is 19.2 Å². The summed E-state index contributed by atoms with van der Waals surface area (Å²) in [7, 11) is 3.83. The quantitative estimate of drug-likeness (QED) is 0.403.